The van der Waals surface area contributed by atoms with Gasteiger partial charge in [-0.3, -0.25) is 9.69 Å². The zero-order valence-electron chi connectivity index (χ0n) is 14.2. The van der Waals surface area contributed by atoms with Gasteiger partial charge in [0.05, 0.1) is 18.1 Å². The number of likely N-dealkylation sites (tertiary alicyclic amines) is 1. The van der Waals surface area contributed by atoms with Gasteiger partial charge in [-0.1, -0.05) is 13.8 Å². The summed E-state index contributed by atoms with van der Waals surface area (Å²) in [6, 6.07) is 0. The van der Waals surface area contributed by atoms with Crippen LogP contribution in [0.2, 0.25) is 0 Å². The van der Waals surface area contributed by atoms with Gasteiger partial charge in [0.2, 0.25) is 5.91 Å². The molecule has 2 N–H and O–H groups in total. The minimum Gasteiger partial charge on any atom is -0.388 e. The smallest absolute Gasteiger partial charge is 0.388 e. The normalized spacial score (nSPS) is 22.9. The third-order valence-electron chi connectivity index (χ3n) is 4.18. The van der Waals surface area contributed by atoms with Crippen LogP contribution in [0.3, 0.4) is 0 Å². The summed E-state index contributed by atoms with van der Waals surface area (Å²) in [6.45, 7) is 5.45. The molecule has 0 saturated carbocycles. The van der Waals surface area contributed by atoms with Crippen LogP contribution in [0.4, 0.5) is 13.2 Å². The van der Waals surface area contributed by atoms with E-state index >= 15 is 0 Å². The predicted octanol–water partition coefficient (Wildman–Crippen LogP) is 2.56. The van der Waals surface area contributed by atoms with E-state index in [4.69, 9.17) is 0 Å². The molecule has 136 valence electrons. The molecule has 4 nitrogen and oxygen atoms in total. The SMILES string of the molecule is CC(C)CCC(C)(O)CNC(=O)C1CCCN(CC(F)(F)F)C1. The number of amides is 1. The van der Waals surface area contributed by atoms with E-state index < -0.39 is 24.2 Å². The summed E-state index contributed by atoms with van der Waals surface area (Å²) in [5, 5.41) is 12.9. The van der Waals surface area contributed by atoms with Gasteiger partial charge in [0.1, 0.15) is 0 Å². The Labute approximate surface area is 136 Å². The number of hydrogen-bond acceptors (Lipinski definition) is 3. The number of rotatable bonds is 7. The predicted molar refractivity (Wildman–Crippen MR) is 82.9 cm³/mol. The van der Waals surface area contributed by atoms with Crippen LogP contribution < -0.4 is 5.32 Å². The zero-order chi connectivity index (χ0) is 17.7. The van der Waals surface area contributed by atoms with Crippen molar-refractivity contribution in [3.63, 3.8) is 0 Å². The maximum Gasteiger partial charge on any atom is 0.401 e. The van der Waals surface area contributed by atoms with Crippen LogP contribution in [0, 0.1) is 11.8 Å². The number of aliphatic hydroxyl groups is 1. The van der Waals surface area contributed by atoms with Crippen LogP contribution in [0.25, 0.3) is 0 Å². The molecule has 0 radical (unpaired) electrons. The van der Waals surface area contributed by atoms with E-state index in [0.717, 1.165) is 6.42 Å². The van der Waals surface area contributed by atoms with Crippen molar-refractivity contribution in [2.75, 3.05) is 26.2 Å². The summed E-state index contributed by atoms with van der Waals surface area (Å²) in [7, 11) is 0. The lowest BCUT2D eigenvalue weighted by molar-refractivity contribution is -0.152. The van der Waals surface area contributed by atoms with Crippen LogP contribution >= 0.6 is 0 Å². The minimum absolute atomic E-state index is 0.124. The third kappa shape index (κ3) is 8.55. The molecule has 0 aromatic rings. The summed E-state index contributed by atoms with van der Waals surface area (Å²) in [6.07, 6.45) is -1.63. The number of hydrogen-bond donors (Lipinski definition) is 2. The molecule has 1 aliphatic heterocycles. The maximum atomic E-state index is 12.4. The van der Waals surface area contributed by atoms with E-state index in [1.165, 1.54) is 4.90 Å². The summed E-state index contributed by atoms with van der Waals surface area (Å²) < 4.78 is 37.3. The number of nitrogens with one attached hydrogen (secondary N) is 1. The number of alkyl halides is 3. The van der Waals surface area contributed by atoms with Crippen molar-refractivity contribution in [1.82, 2.24) is 10.2 Å². The molecule has 0 spiro atoms. The molecule has 7 heteroatoms. The molecule has 2 atom stereocenters. The van der Waals surface area contributed by atoms with Gasteiger partial charge in [-0.15, -0.1) is 0 Å². The van der Waals surface area contributed by atoms with Crippen molar-refractivity contribution >= 4 is 5.91 Å². The number of nitrogens with zero attached hydrogens (tertiary/aromatic N) is 1. The first-order chi connectivity index (χ1) is 10.5. The first kappa shape index (κ1) is 20.2. The van der Waals surface area contributed by atoms with Crippen LogP contribution in [-0.4, -0.2) is 53.9 Å². The van der Waals surface area contributed by atoms with Crippen molar-refractivity contribution < 1.29 is 23.1 Å². The molecule has 0 aromatic carbocycles. The maximum absolute atomic E-state index is 12.4. The summed E-state index contributed by atoms with van der Waals surface area (Å²) in [5.41, 5.74) is -0.986. The average Bonchev–Trinajstić information content (AvgIpc) is 2.41. The molecule has 0 aromatic heterocycles. The van der Waals surface area contributed by atoms with Crippen LogP contribution in [0.1, 0.15) is 46.5 Å². The van der Waals surface area contributed by atoms with Gasteiger partial charge in [0, 0.05) is 13.1 Å². The molecule has 1 rings (SSSR count). The van der Waals surface area contributed by atoms with Crippen molar-refractivity contribution in [2.24, 2.45) is 11.8 Å². The lowest BCUT2D eigenvalue weighted by Crippen LogP contribution is -2.48. The third-order valence-corrected chi connectivity index (χ3v) is 4.18. The topological polar surface area (TPSA) is 52.6 Å². The Morgan fingerprint density at radius 1 is 1.39 bits per heavy atom. The number of carbonyl (C=O) groups excluding carboxylic acids is 1. The minimum atomic E-state index is -4.24. The molecule has 1 amide bonds. The van der Waals surface area contributed by atoms with Gasteiger partial charge in [-0.05, 0) is 45.1 Å². The first-order valence-electron chi connectivity index (χ1n) is 8.28. The summed E-state index contributed by atoms with van der Waals surface area (Å²) >= 11 is 0. The average molecular weight is 338 g/mol. The second-order valence-electron chi connectivity index (χ2n) is 7.34. The highest BCUT2D eigenvalue weighted by Crippen LogP contribution is 2.23. The van der Waals surface area contributed by atoms with Gasteiger partial charge in [0.15, 0.2) is 0 Å². The molecule has 1 aliphatic rings. The molecular weight excluding hydrogens is 309 g/mol. The Morgan fingerprint density at radius 2 is 2.04 bits per heavy atom. The Kier molecular flexibility index (Phi) is 7.32. The highest BCUT2D eigenvalue weighted by molar-refractivity contribution is 5.79. The highest BCUT2D eigenvalue weighted by atomic mass is 19.4. The summed E-state index contributed by atoms with van der Waals surface area (Å²) in [4.78, 5) is 13.4. The molecule has 2 unspecified atom stereocenters. The van der Waals surface area contributed by atoms with Crippen molar-refractivity contribution in [2.45, 2.75) is 58.2 Å². The molecule has 0 bridgehead atoms. The molecule has 23 heavy (non-hydrogen) atoms. The van der Waals surface area contributed by atoms with Gasteiger partial charge < -0.3 is 10.4 Å². The Hall–Kier alpha value is -0.820. The van der Waals surface area contributed by atoms with E-state index in [0.29, 0.717) is 31.7 Å². The molecule has 1 fully saturated rings. The monoisotopic (exact) mass is 338 g/mol. The van der Waals surface area contributed by atoms with Crippen LogP contribution in [0.5, 0.6) is 0 Å². The Morgan fingerprint density at radius 3 is 2.61 bits per heavy atom. The quantitative estimate of drug-likeness (QED) is 0.750. The van der Waals surface area contributed by atoms with Crippen molar-refractivity contribution in [3.05, 3.63) is 0 Å². The fraction of sp³-hybridized carbons (Fsp3) is 0.938. The van der Waals surface area contributed by atoms with Crippen LogP contribution in [0.15, 0.2) is 0 Å². The molecule has 1 saturated heterocycles. The van der Waals surface area contributed by atoms with E-state index in [-0.39, 0.29) is 19.0 Å². The summed E-state index contributed by atoms with van der Waals surface area (Å²) in [5.74, 6) is -0.236. The lowest BCUT2D eigenvalue weighted by Gasteiger charge is -2.33. The second-order valence-corrected chi connectivity index (χ2v) is 7.34. The largest absolute Gasteiger partial charge is 0.401 e. The fourth-order valence-electron chi connectivity index (χ4n) is 2.78. The van der Waals surface area contributed by atoms with Gasteiger partial charge in [0.25, 0.3) is 0 Å². The van der Waals surface area contributed by atoms with Gasteiger partial charge >= 0.3 is 6.18 Å². The fourth-order valence-corrected chi connectivity index (χ4v) is 2.78. The van der Waals surface area contributed by atoms with E-state index in [1.807, 2.05) is 0 Å². The number of halogens is 3. The molecule has 1 heterocycles. The first-order valence-corrected chi connectivity index (χ1v) is 8.28. The van der Waals surface area contributed by atoms with E-state index in [2.05, 4.69) is 19.2 Å². The Bertz CT molecular complexity index is 384. The second kappa shape index (κ2) is 8.33. The van der Waals surface area contributed by atoms with E-state index in [9.17, 15) is 23.1 Å². The van der Waals surface area contributed by atoms with Gasteiger partial charge in [-0.2, -0.15) is 13.2 Å². The van der Waals surface area contributed by atoms with E-state index in [1.54, 1.807) is 6.92 Å². The zero-order valence-corrected chi connectivity index (χ0v) is 14.2. The Balaban J connectivity index is 2.41. The molecule has 0 aliphatic carbocycles. The standard InChI is InChI=1S/C16H29F3N2O2/c1-12(2)6-7-15(3,23)10-20-14(22)13-5-4-8-21(9-13)11-16(17,18)19/h12-13,23H,4-11H2,1-3H3,(H,20,22). The number of carbonyl (C=O) groups is 1. The van der Waals surface area contributed by atoms with Crippen molar-refractivity contribution in [1.29, 1.82) is 0 Å². The molecular formula is C16H29F3N2O2. The lowest BCUT2D eigenvalue weighted by atomic mass is 9.94. The van der Waals surface area contributed by atoms with Gasteiger partial charge in [-0.25, -0.2) is 0 Å². The highest BCUT2D eigenvalue weighted by Gasteiger charge is 2.35. The number of piperidine rings is 1. The van der Waals surface area contributed by atoms with Crippen molar-refractivity contribution in [3.8, 4) is 0 Å². The van der Waals surface area contributed by atoms with Crippen LogP contribution in [-0.2, 0) is 4.79 Å².